The fourth-order valence-corrected chi connectivity index (χ4v) is 3.68. The SMILES string of the molecule is CCOCCCNS(=O)(=O)c1ccc(O[C@@H](C)C(=O)N2CCOCC2)cc1. The molecule has 8 nitrogen and oxygen atoms in total. The molecule has 0 aliphatic carbocycles. The maximum Gasteiger partial charge on any atom is 0.263 e. The molecule has 1 heterocycles. The number of benzene rings is 1. The van der Waals surface area contributed by atoms with Gasteiger partial charge in [0.15, 0.2) is 6.10 Å². The zero-order valence-electron chi connectivity index (χ0n) is 15.8. The summed E-state index contributed by atoms with van der Waals surface area (Å²) in [5, 5.41) is 0. The first-order valence-corrected chi connectivity index (χ1v) is 10.6. The number of hydrogen-bond donors (Lipinski definition) is 1. The van der Waals surface area contributed by atoms with Crippen LogP contribution in [-0.2, 0) is 24.3 Å². The first-order valence-electron chi connectivity index (χ1n) is 9.14. The van der Waals surface area contributed by atoms with Crippen molar-refractivity contribution in [3.05, 3.63) is 24.3 Å². The van der Waals surface area contributed by atoms with Gasteiger partial charge in [0, 0.05) is 32.8 Å². The molecule has 1 amide bonds. The average molecular weight is 400 g/mol. The summed E-state index contributed by atoms with van der Waals surface area (Å²) in [5.74, 6) is 0.338. The van der Waals surface area contributed by atoms with Crippen molar-refractivity contribution in [1.29, 1.82) is 0 Å². The maximum absolute atomic E-state index is 12.4. The van der Waals surface area contributed by atoms with E-state index >= 15 is 0 Å². The molecule has 1 aromatic carbocycles. The third kappa shape index (κ3) is 6.76. The van der Waals surface area contributed by atoms with Crippen molar-refractivity contribution in [3.63, 3.8) is 0 Å². The summed E-state index contributed by atoms with van der Waals surface area (Å²) in [6, 6.07) is 6.04. The topological polar surface area (TPSA) is 94.2 Å². The molecule has 1 atom stereocenters. The van der Waals surface area contributed by atoms with Crippen LogP contribution in [0.2, 0.25) is 0 Å². The van der Waals surface area contributed by atoms with E-state index in [1.165, 1.54) is 12.1 Å². The minimum atomic E-state index is -3.58. The van der Waals surface area contributed by atoms with Crippen LogP contribution in [0.15, 0.2) is 29.2 Å². The van der Waals surface area contributed by atoms with Crippen LogP contribution in [0.5, 0.6) is 5.75 Å². The van der Waals surface area contributed by atoms with Crippen LogP contribution in [0.25, 0.3) is 0 Å². The van der Waals surface area contributed by atoms with Gasteiger partial charge in [-0.05, 0) is 44.5 Å². The fraction of sp³-hybridized carbons (Fsp3) is 0.611. The van der Waals surface area contributed by atoms with Gasteiger partial charge in [-0.25, -0.2) is 13.1 Å². The molecule has 1 aliphatic rings. The third-order valence-electron chi connectivity index (χ3n) is 4.08. The van der Waals surface area contributed by atoms with Crippen molar-refractivity contribution in [2.24, 2.45) is 0 Å². The Morgan fingerprint density at radius 3 is 2.56 bits per heavy atom. The van der Waals surface area contributed by atoms with Crippen molar-refractivity contribution in [2.75, 3.05) is 46.1 Å². The molecule has 0 unspecified atom stereocenters. The summed E-state index contributed by atoms with van der Waals surface area (Å²) in [6.07, 6.45) is -0.0441. The lowest BCUT2D eigenvalue weighted by atomic mass is 10.3. The van der Waals surface area contributed by atoms with E-state index in [2.05, 4.69) is 4.72 Å². The molecule has 0 aromatic heterocycles. The van der Waals surface area contributed by atoms with E-state index < -0.39 is 16.1 Å². The van der Waals surface area contributed by atoms with Crippen LogP contribution < -0.4 is 9.46 Å². The third-order valence-corrected chi connectivity index (χ3v) is 5.56. The van der Waals surface area contributed by atoms with Crippen molar-refractivity contribution in [1.82, 2.24) is 9.62 Å². The van der Waals surface area contributed by atoms with E-state index in [0.29, 0.717) is 58.2 Å². The molecule has 0 bridgehead atoms. The number of nitrogens with one attached hydrogen (secondary N) is 1. The smallest absolute Gasteiger partial charge is 0.263 e. The van der Waals surface area contributed by atoms with Crippen LogP contribution in [0, 0.1) is 0 Å². The molecule has 0 spiro atoms. The van der Waals surface area contributed by atoms with Crippen molar-refractivity contribution in [3.8, 4) is 5.75 Å². The number of nitrogens with zero attached hydrogens (tertiary/aromatic N) is 1. The van der Waals surface area contributed by atoms with E-state index in [9.17, 15) is 13.2 Å². The van der Waals surface area contributed by atoms with Gasteiger partial charge in [-0.3, -0.25) is 4.79 Å². The quantitative estimate of drug-likeness (QED) is 0.589. The Kier molecular flexibility index (Phi) is 8.49. The van der Waals surface area contributed by atoms with Crippen molar-refractivity contribution < 1.29 is 27.4 Å². The number of amides is 1. The highest BCUT2D eigenvalue weighted by atomic mass is 32.2. The van der Waals surface area contributed by atoms with Gasteiger partial charge in [0.25, 0.3) is 5.91 Å². The Morgan fingerprint density at radius 1 is 1.26 bits per heavy atom. The molecule has 27 heavy (non-hydrogen) atoms. The summed E-state index contributed by atoms with van der Waals surface area (Å²) < 4.78 is 43.1. The lowest BCUT2D eigenvalue weighted by molar-refractivity contribution is -0.142. The molecule has 1 aliphatic heterocycles. The Bertz CT molecular complexity index is 686. The second-order valence-corrected chi connectivity index (χ2v) is 7.88. The van der Waals surface area contributed by atoms with Gasteiger partial charge in [0.05, 0.1) is 18.1 Å². The molecule has 2 rings (SSSR count). The van der Waals surface area contributed by atoms with Gasteiger partial charge >= 0.3 is 0 Å². The van der Waals surface area contributed by atoms with Crippen LogP contribution in [-0.4, -0.2) is 71.4 Å². The summed E-state index contributed by atoms with van der Waals surface area (Å²) in [5.41, 5.74) is 0. The number of rotatable bonds is 10. The minimum Gasteiger partial charge on any atom is -0.481 e. The molecule has 1 N–H and O–H groups in total. The van der Waals surface area contributed by atoms with Gasteiger partial charge in [-0.2, -0.15) is 0 Å². The zero-order valence-corrected chi connectivity index (χ0v) is 16.7. The van der Waals surface area contributed by atoms with E-state index in [0.717, 1.165) is 0 Å². The number of ether oxygens (including phenoxy) is 3. The first kappa shape index (κ1) is 21.6. The molecule has 1 aromatic rings. The number of carbonyl (C=O) groups is 1. The summed E-state index contributed by atoms with van der Waals surface area (Å²) >= 11 is 0. The van der Waals surface area contributed by atoms with Crippen LogP contribution in [0.1, 0.15) is 20.3 Å². The molecule has 1 saturated heterocycles. The fourth-order valence-electron chi connectivity index (χ4n) is 2.60. The second kappa shape index (κ2) is 10.6. The lowest BCUT2D eigenvalue weighted by Crippen LogP contribution is -2.46. The molecular weight excluding hydrogens is 372 g/mol. The normalized spacial score (nSPS) is 16.1. The Balaban J connectivity index is 1.87. The summed E-state index contributed by atoms with van der Waals surface area (Å²) in [7, 11) is -3.58. The Labute approximate surface area is 160 Å². The molecule has 0 radical (unpaired) electrons. The molecule has 1 fully saturated rings. The molecular formula is C18H28N2O6S. The Hall–Kier alpha value is -1.68. The van der Waals surface area contributed by atoms with Crippen LogP contribution in [0.4, 0.5) is 0 Å². The van der Waals surface area contributed by atoms with Crippen LogP contribution >= 0.6 is 0 Å². The molecule has 152 valence electrons. The van der Waals surface area contributed by atoms with Crippen LogP contribution in [0.3, 0.4) is 0 Å². The van der Waals surface area contributed by atoms with Gasteiger partial charge < -0.3 is 19.1 Å². The highest BCUT2D eigenvalue weighted by molar-refractivity contribution is 7.89. The van der Waals surface area contributed by atoms with E-state index in [-0.39, 0.29) is 10.8 Å². The maximum atomic E-state index is 12.4. The van der Waals surface area contributed by atoms with Crippen molar-refractivity contribution >= 4 is 15.9 Å². The zero-order chi connectivity index (χ0) is 19.7. The predicted molar refractivity (Wildman–Crippen MR) is 100 cm³/mol. The van der Waals surface area contributed by atoms with E-state index in [4.69, 9.17) is 14.2 Å². The van der Waals surface area contributed by atoms with Gasteiger partial charge in [-0.1, -0.05) is 0 Å². The van der Waals surface area contributed by atoms with Crippen molar-refractivity contribution in [2.45, 2.75) is 31.3 Å². The molecule has 9 heteroatoms. The lowest BCUT2D eigenvalue weighted by Gasteiger charge is -2.29. The highest BCUT2D eigenvalue weighted by Crippen LogP contribution is 2.18. The second-order valence-electron chi connectivity index (χ2n) is 6.12. The standard InChI is InChI=1S/C18H28N2O6S/c1-3-24-12-4-9-19-27(22,23)17-7-5-16(6-8-17)26-15(2)18(21)20-10-13-25-14-11-20/h5-8,15,19H,3-4,9-14H2,1-2H3/t15-/m0/s1. The largest absolute Gasteiger partial charge is 0.481 e. The van der Waals surface area contributed by atoms with Gasteiger partial charge in [0.1, 0.15) is 5.75 Å². The average Bonchev–Trinajstić information content (AvgIpc) is 2.68. The Morgan fingerprint density at radius 2 is 1.93 bits per heavy atom. The number of sulfonamides is 1. The first-order chi connectivity index (χ1) is 12.9. The monoisotopic (exact) mass is 400 g/mol. The molecule has 0 saturated carbocycles. The number of morpholine rings is 1. The van der Waals surface area contributed by atoms with E-state index in [1.54, 1.807) is 24.0 Å². The van der Waals surface area contributed by atoms with Gasteiger partial charge in [-0.15, -0.1) is 0 Å². The number of hydrogen-bond acceptors (Lipinski definition) is 6. The van der Waals surface area contributed by atoms with Gasteiger partial charge in [0.2, 0.25) is 10.0 Å². The number of carbonyl (C=O) groups excluding carboxylic acids is 1. The highest BCUT2D eigenvalue weighted by Gasteiger charge is 2.24. The predicted octanol–water partition coefficient (Wildman–Crippen LogP) is 1.02. The minimum absolute atomic E-state index is 0.106. The summed E-state index contributed by atoms with van der Waals surface area (Å²) in [6.45, 7) is 7.18. The van der Waals surface area contributed by atoms with E-state index in [1.807, 2.05) is 6.92 Å². The summed E-state index contributed by atoms with van der Waals surface area (Å²) in [4.78, 5) is 14.2.